The number of aliphatic imine (C=N–C) groups is 1. The molecule has 1 N–H and O–H groups in total. The molecule has 0 saturated heterocycles. The number of nitrogens with zero attached hydrogens (tertiary/aromatic N) is 1. The normalized spacial score (nSPS) is 24.1. The van der Waals surface area contributed by atoms with Gasteiger partial charge < -0.3 is 5.32 Å². The predicted octanol–water partition coefficient (Wildman–Crippen LogP) is 3.90. The highest BCUT2D eigenvalue weighted by atomic mass is 35.5. The van der Waals surface area contributed by atoms with Gasteiger partial charge in [0.2, 0.25) is 0 Å². The van der Waals surface area contributed by atoms with Crippen LogP contribution in [0, 0.1) is 19.8 Å². The summed E-state index contributed by atoms with van der Waals surface area (Å²) in [4.78, 5) is 5.78. The Kier molecular flexibility index (Phi) is 2.75. The Morgan fingerprint density at radius 1 is 1.41 bits per heavy atom. The fourth-order valence-electron chi connectivity index (χ4n) is 2.12. The molecule has 0 radical (unpaired) electrons. The van der Waals surface area contributed by atoms with Crippen LogP contribution in [-0.2, 0) is 0 Å². The van der Waals surface area contributed by atoms with Gasteiger partial charge in [-0.2, -0.15) is 0 Å². The highest BCUT2D eigenvalue weighted by Gasteiger charge is 2.33. The Hall–Kier alpha value is -0.800. The number of hydrogen-bond acceptors (Lipinski definition) is 3. The SMILES string of the molecule is Cc1csc(C2N=CNC(C3CC3)=C2Cl)c1C. The van der Waals surface area contributed by atoms with E-state index in [-0.39, 0.29) is 6.04 Å². The molecule has 2 heterocycles. The van der Waals surface area contributed by atoms with Crippen LogP contribution in [0.5, 0.6) is 0 Å². The lowest BCUT2D eigenvalue weighted by Crippen LogP contribution is -2.20. The van der Waals surface area contributed by atoms with Crippen LogP contribution < -0.4 is 5.32 Å². The van der Waals surface area contributed by atoms with E-state index in [0.29, 0.717) is 5.92 Å². The molecule has 3 rings (SSSR count). The number of nitrogens with one attached hydrogen (secondary N) is 1. The van der Waals surface area contributed by atoms with Gasteiger partial charge in [0.25, 0.3) is 0 Å². The van der Waals surface area contributed by atoms with Crippen molar-refractivity contribution in [2.24, 2.45) is 10.9 Å². The van der Waals surface area contributed by atoms with Crippen LogP contribution in [0.25, 0.3) is 0 Å². The maximum atomic E-state index is 6.51. The Labute approximate surface area is 110 Å². The van der Waals surface area contributed by atoms with Crippen LogP contribution in [0.3, 0.4) is 0 Å². The minimum absolute atomic E-state index is 0.0206. The van der Waals surface area contributed by atoms with Crippen LogP contribution in [0.2, 0.25) is 0 Å². The van der Waals surface area contributed by atoms with Gasteiger partial charge in [-0.25, -0.2) is 0 Å². The van der Waals surface area contributed by atoms with Crippen molar-refractivity contribution in [3.8, 4) is 0 Å². The van der Waals surface area contributed by atoms with Crippen molar-refractivity contribution in [3.63, 3.8) is 0 Å². The van der Waals surface area contributed by atoms with Crippen molar-refractivity contribution in [2.45, 2.75) is 32.7 Å². The van der Waals surface area contributed by atoms with Crippen molar-refractivity contribution in [1.29, 1.82) is 0 Å². The van der Waals surface area contributed by atoms with E-state index < -0.39 is 0 Å². The molecule has 1 fully saturated rings. The molecule has 0 amide bonds. The van der Waals surface area contributed by atoms with Gasteiger partial charge in [-0.3, -0.25) is 4.99 Å². The second-order valence-corrected chi connectivity index (χ2v) is 6.09. The van der Waals surface area contributed by atoms with Gasteiger partial charge in [-0.15, -0.1) is 11.3 Å². The van der Waals surface area contributed by atoms with Crippen LogP contribution in [-0.4, -0.2) is 6.34 Å². The number of aryl methyl sites for hydroxylation is 1. The average Bonchev–Trinajstić information content (AvgIpc) is 3.10. The molecule has 17 heavy (non-hydrogen) atoms. The first kappa shape index (κ1) is 11.3. The van der Waals surface area contributed by atoms with E-state index in [1.165, 1.54) is 34.5 Å². The summed E-state index contributed by atoms with van der Waals surface area (Å²) < 4.78 is 0. The monoisotopic (exact) mass is 266 g/mol. The fourth-order valence-corrected chi connectivity index (χ4v) is 3.69. The summed E-state index contributed by atoms with van der Waals surface area (Å²) in [7, 11) is 0. The predicted molar refractivity (Wildman–Crippen MR) is 73.8 cm³/mol. The summed E-state index contributed by atoms with van der Waals surface area (Å²) in [6.07, 6.45) is 4.31. The number of halogens is 1. The van der Waals surface area contributed by atoms with Crippen molar-refractivity contribution in [1.82, 2.24) is 5.32 Å². The van der Waals surface area contributed by atoms with E-state index in [2.05, 4.69) is 29.5 Å². The highest BCUT2D eigenvalue weighted by molar-refractivity contribution is 7.10. The highest BCUT2D eigenvalue weighted by Crippen LogP contribution is 2.44. The molecular weight excluding hydrogens is 252 g/mol. The first-order valence-electron chi connectivity index (χ1n) is 5.91. The van der Waals surface area contributed by atoms with Crippen LogP contribution >= 0.6 is 22.9 Å². The number of rotatable bonds is 2. The first-order chi connectivity index (χ1) is 8.18. The van der Waals surface area contributed by atoms with E-state index in [0.717, 1.165) is 5.03 Å². The van der Waals surface area contributed by atoms with E-state index >= 15 is 0 Å². The van der Waals surface area contributed by atoms with E-state index in [9.17, 15) is 0 Å². The van der Waals surface area contributed by atoms with E-state index in [4.69, 9.17) is 11.6 Å². The van der Waals surface area contributed by atoms with Gasteiger partial charge in [0.15, 0.2) is 0 Å². The number of allylic oxidation sites excluding steroid dienone is 1. The van der Waals surface area contributed by atoms with Crippen molar-refractivity contribution in [2.75, 3.05) is 0 Å². The lowest BCUT2D eigenvalue weighted by atomic mass is 10.1. The Balaban J connectivity index is 1.99. The summed E-state index contributed by atoms with van der Waals surface area (Å²) in [5.74, 6) is 0.637. The smallest absolute Gasteiger partial charge is 0.123 e. The van der Waals surface area contributed by atoms with Crippen molar-refractivity contribution < 1.29 is 0 Å². The Bertz CT molecular complexity index is 511. The quantitative estimate of drug-likeness (QED) is 0.863. The summed E-state index contributed by atoms with van der Waals surface area (Å²) in [5.41, 5.74) is 3.85. The van der Waals surface area contributed by atoms with Gasteiger partial charge in [0.1, 0.15) is 6.04 Å². The Morgan fingerprint density at radius 3 is 2.76 bits per heavy atom. The molecule has 1 aromatic rings. The lowest BCUT2D eigenvalue weighted by Gasteiger charge is -2.20. The van der Waals surface area contributed by atoms with Crippen LogP contribution in [0.4, 0.5) is 0 Å². The molecule has 1 saturated carbocycles. The van der Waals surface area contributed by atoms with E-state index in [1.807, 2.05) is 0 Å². The fraction of sp³-hybridized carbons (Fsp3) is 0.462. The molecule has 1 aromatic heterocycles. The lowest BCUT2D eigenvalue weighted by molar-refractivity contribution is 0.794. The molecule has 4 heteroatoms. The molecule has 1 atom stereocenters. The van der Waals surface area contributed by atoms with E-state index in [1.54, 1.807) is 17.7 Å². The Morgan fingerprint density at radius 2 is 2.18 bits per heavy atom. The first-order valence-corrected chi connectivity index (χ1v) is 7.16. The summed E-state index contributed by atoms with van der Waals surface area (Å²) in [6.45, 7) is 4.29. The molecule has 0 aromatic carbocycles. The average molecular weight is 267 g/mol. The third kappa shape index (κ3) is 1.91. The topological polar surface area (TPSA) is 24.4 Å². The molecule has 1 aliphatic carbocycles. The zero-order chi connectivity index (χ0) is 12.0. The van der Waals surface area contributed by atoms with Crippen LogP contribution in [0.15, 0.2) is 21.1 Å². The summed E-state index contributed by atoms with van der Waals surface area (Å²) >= 11 is 8.27. The maximum Gasteiger partial charge on any atom is 0.123 e. The van der Waals surface area contributed by atoms with Gasteiger partial charge in [0.05, 0.1) is 11.4 Å². The molecule has 2 nitrogen and oxygen atoms in total. The molecule has 90 valence electrons. The maximum absolute atomic E-state index is 6.51. The minimum atomic E-state index is 0.0206. The molecule has 0 spiro atoms. The minimum Gasteiger partial charge on any atom is -0.349 e. The van der Waals surface area contributed by atoms with Gasteiger partial charge in [-0.05, 0) is 43.2 Å². The summed E-state index contributed by atoms with van der Waals surface area (Å²) in [6, 6.07) is 0.0206. The molecule has 0 bridgehead atoms. The molecule has 2 aliphatic rings. The molecular formula is C13H15ClN2S. The largest absolute Gasteiger partial charge is 0.349 e. The zero-order valence-corrected chi connectivity index (χ0v) is 11.5. The summed E-state index contributed by atoms with van der Waals surface area (Å²) in [5, 5.41) is 6.29. The molecule has 1 unspecified atom stereocenters. The second kappa shape index (κ2) is 4.14. The van der Waals surface area contributed by atoms with Crippen molar-refractivity contribution >= 4 is 29.3 Å². The number of thiophene rings is 1. The zero-order valence-electron chi connectivity index (χ0n) is 9.96. The molecule has 1 aliphatic heterocycles. The number of hydrogen-bond donors (Lipinski definition) is 1. The van der Waals surface area contributed by atoms with Gasteiger partial charge in [-0.1, -0.05) is 11.6 Å². The van der Waals surface area contributed by atoms with Crippen molar-refractivity contribution in [3.05, 3.63) is 32.1 Å². The van der Waals surface area contributed by atoms with Gasteiger partial charge in [0, 0.05) is 16.5 Å². The van der Waals surface area contributed by atoms with Gasteiger partial charge >= 0.3 is 0 Å². The van der Waals surface area contributed by atoms with Crippen LogP contribution in [0.1, 0.15) is 34.9 Å². The second-order valence-electron chi connectivity index (χ2n) is 4.77. The standard InChI is InChI=1S/C13H15ClN2S/c1-7-5-17-13(8(7)2)12-10(14)11(9-3-4-9)15-6-16-12/h5-6,9,12H,3-4H2,1-2H3,(H,15,16). The third-order valence-corrected chi connectivity index (χ3v) is 5.16. The third-order valence-electron chi connectivity index (χ3n) is 3.50.